The maximum absolute atomic E-state index is 11.9. The molecule has 0 amide bonds. The highest BCUT2D eigenvalue weighted by molar-refractivity contribution is 7.22. The first-order valence-corrected chi connectivity index (χ1v) is 10.5. The molecule has 4 rings (SSSR count). The lowest BCUT2D eigenvalue weighted by Gasteiger charge is -2.26. The molecule has 4 N–H and O–H groups in total. The monoisotopic (exact) mass is 448 g/mol. The number of ether oxygens (including phenoxy) is 2. The Kier molecular flexibility index (Phi) is 5.85. The Bertz CT molecular complexity index is 1050. The Morgan fingerprint density at radius 2 is 1.97 bits per heavy atom. The summed E-state index contributed by atoms with van der Waals surface area (Å²) in [7, 11) is 3.12. The van der Waals surface area contributed by atoms with E-state index in [4.69, 9.17) is 21.1 Å². The summed E-state index contributed by atoms with van der Waals surface area (Å²) in [6.45, 7) is 0.447. The summed E-state index contributed by atoms with van der Waals surface area (Å²) in [6, 6.07) is 9.39. The molecule has 2 heterocycles. The number of methoxy groups -OCH3 is 2. The Hall–Kier alpha value is -2.75. The van der Waals surface area contributed by atoms with Crippen molar-refractivity contribution in [1.29, 1.82) is 0 Å². The van der Waals surface area contributed by atoms with E-state index in [-0.39, 0.29) is 6.04 Å². The molecule has 0 spiro atoms. The van der Waals surface area contributed by atoms with Crippen molar-refractivity contribution in [3.05, 3.63) is 41.4 Å². The second-order valence-corrected chi connectivity index (χ2v) is 8.28. The number of benzene rings is 2. The van der Waals surface area contributed by atoms with Crippen LogP contribution in [-0.4, -0.2) is 54.9 Å². The first-order valence-electron chi connectivity index (χ1n) is 9.26. The number of thiazole rings is 1. The van der Waals surface area contributed by atoms with E-state index < -0.39 is 18.1 Å². The Labute approximate surface area is 182 Å². The summed E-state index contributed by atoms with van der Waals surface area (Å²) in [6.07, 6.45) is 0. The standard InChI is InChI=1S/C20H21ClN4O4S/c1-28-13-4-3-5-14(29-2)17(13)25-16-12(9-22-18(16)19(26)27)24-20-23-11-7-6-10(21)8-15(11)30-20/h3-8,12,16,18,22,25H,9H2,1-2H3,(H,23,24)(H,26,27). The van der Waals surface area contributed by atoms with Crippen LogP contribution in [-0.2, 0) is 4.79 Å². The smallest absolute Gasteiger partial charge is 0.322 e. The van der Waals surface area contributed by atoms with Gasteiger partial charge in [-0.2, -0.15) is 0 Å². The van der Waals surface area contributed by atoms with Crippen molar-refractivity contribution in [1.82, 2.24) is 10.3 Å². The fourth-order valence-electron chi connectivity index (χ4n) is 3.58. The number of hydrogen-bond acceptors (Lipinski definition) is 8. The van der Waals surface area contributed by atoms with E-state index in [2.05, 4.69) is 20.9 Å². The number of aliphatic carboxylic acids is 1. The van der Waals surface area contributed by atoms with Gasteiger partial charge in [0.15, 0.2) is 5.13 Å². The molecule has 8 nitrogen and oxygen atoms in total. The van der Waals surface area contributed by atoms with E-state index in [0.717, 1.165) is 10.2 Å². The van der Waals surface area contributed by atoms with E-state index in [1.807, 2.05) is 18.2 Å². The van der Waals surface area contributed by atoms with Crippen molar-refractivity contribution in [2.45, 2.75) is 18.1 Å². The topological polar surface area (TPSA) is 105 Å². The number of halogens is 1. The highest BCUT2D eigenvalue weighted by Crippen LogP contribution is 2.36. The molecule has 0 saturated carbocycles. The molecular weight excluding hydrogens is 428 g/mol. The first-order chi connectivity index (χ1) is 14.5. The zero-order valence-electron chi connectivity index (χ0n) is 16.3. The molecule has 1 saturated heterocycles. The predicted octanol–water partition coefficient (Wildman–Crippen LogP) is 3.28. The molecule has 30 heavy (non-hydrogen) atoms. The van der Waals surface area contributed by atoms with Gasteiger partial charge in [0.1, 0.15) is 23.2 Å². The van der Waals surface area contributed by atoms with Gasteiger partial charge in [-0.05, 0) is 30.3 Å². The van der Waals surface area contributed by atoms with Crippen molar-refractivity contribution in [3.8, 4) is 11.5 Å². The van der Waals surface area contributed by atoms with Gasteiger partial charge in [-0.25, -0.2) is 4.98 Å². The van der Waals surface area contributed by atoms with Crippen LogP contribution in [0.2, 0.25) is 5.02 Å². The summed E-state index contributed by atoms with van der Waals surface area (Å²) in [4.78, 5) is 16.5. The largest absolute Gasteiger partial charge is 0.494 e. The van der Waals surface area contributed by atoms with Crippen molar-refractivity contribution >= 4 is 49.9 Å². The van der Waals surface area contributed by atoms with Crippen molar-refractivity contribution in [2.24, 2.45) is 0 Å². The predicted molar refractivity (Wildman–Crippen MR) is 118 cm³/mol. The van der Waals surface area contributed by atoms with Crippen LogP contribution in [0.25, 0.3) is 10.2 Å². The molecule has 1 aliphatic heterocycles. The molecule has 0 aliphatic carbocycles. The summed E-state index contributed by atoms with van der Waals surface area (Å²) in [5, 5.41) is 20.8. The van der Waals surface area contributed by atoms with E-state index in [9.17, 15) is 9.90 Å². The van der Waals surface area contributed by atoms with Crippen LogP contribution in [0.15, 0.2) is 36.4 Å². The summed E-state index contributed by atoms with van der Waals surface area (Å²) in [5.41, 5.74) is 1.44. The lowest BCUT2D eigenvalue weighted by Crippen LogP contribution is -2.47. The highest BCUT2D eigenvalue weighted by Gasteiger charge is 2.41. The normalized spacial score (nSPS) is 20.8. The number of anilines is 2. The zero-order valence-corrected chi connectivity index (χ0v) is 17.9. The number of nitrogens with zero attached hydrogens (tertiary/aromatic N) is 1. The number of carboxylic acid groups (broad SMARTS) is 1. The van der Waals surface area contributed by atoms with Crippen molar-refractivity contribution < 1.29 is 19.4 Å². The summed E-state index contributed by atoms with van der Waals surface area (Å²) >= 11 is 7.54. The molecule has 0 bridgehead atoms. The fraction of sp³-hybridized carbons (Fsp3) is 0.300. The fourth-order valence-corrected chi connectivity index (χ4v) is 4.79. The first kappa shape index (κ1) is 20.5. The van der Waals surface area contributed by atoms with Gasteiger partial charge < -0.3 is 30.5 Å². The third-order valence-corrected chi connectivity index (χ3v) is 6.20. The molecule has 3 unspecified atom stereocenters. The molecule has 158 valence electrons. The second-order valence-electron chi connectivity index (χ2n) is 6.81. The van der Waals surface area contributed by atoms with Gasteiger partial charge in [-0.1, -0.05) is 29.0 Å². The van der Waals surface area contributed by atoms with Crippen LogP contribution < -0.4 is 25.4 Å². The third kappa shape index (κ3) is 3.96. The van der Waals surface area contributed by atoms with Gasteiger partial charge in [0.05, 0.1) is 36.5 Å². The van der Waals surface area contributed by atoms with Crippen LogP contribution in [0.1, 0.15) is 0 Å². The van der Waals surface area contributed by atoms with Crippen molar-refractivity contribution in [2.75, 3.05) is 31.4 Å². The van der Waals surface area contributed by atoms with Crippen molar-refractivity contribution in [3.63, 3.8) is 0 Å². The highest BCUT2D eigenvalue weighted by atomic mass is 35.5. The maximum Gasteiger partial charge on any atom is 0.322 e. The quantitative estimate of drug-likeness (QED) is 0.436. The van der Waals surface area contributed by atoms with Gasteiger partial charge in [-0.3, -0.25) is 4.79 Å². The van der Waals surface area contributed by atoms with Gasteiger partial charge >= 0.3 is 5.97 Å². The number of nitrogens with one attached hydrogen (secondary N) is 3. The number of para-hydroxylation sites is 1. The molecular formula is C20H21ClN4O4S. The second kappa shape index (κ2) is 8.55. The molecule has 3 atom stereocenters. The zero-order chi connectivity index (χ0) is 21.3. The van der Waals surface area contributed by atoms with Crippen LogP contribution in [0.4, 0.5) is 10.8 Å². The van der Waals surface area contributed by atoms with Crippen LogP contribution in [0.5, 0.6) is 11.5 Å². The average molecular weight is 449 g/mol. The van der Waals surface area contributed by atoms with Gasteiger partial charge in [0, 0.05) is 11.6 Å². The summed E-state index contributed by atoms with van der Waals surface area (Å²) < 4.78 is 11.8. The number of hydrogen-bond donors (Lipinski definition) is 4. The third-order valence-electron chi connectivity index (χ3n) is 5.01. The van der Waals surface area contributed by atoms with E-state index in [0.29, 0.717) is 33.9 Å². The minimum Gasteiger partial charge on any atom is -0.494 e. The van der Waals surface area contributed by atoms with E-state index >= 15 is 0 Å². The van der Waals surface area contributed by atoms with Gasteiger partial charge in [-0.15, -0.1) is 0 Å². The number of carbonyl (C=O) groups is 1. The van der Waals surface area contributed by atoms with Crippen LogP contribution in [0, 0.1) is 0 Å². The van der Waals surface area contributed by atoms with Crippen LogP contribution >= 0.6 is 22.9 Å². The Balaban J connectivity index is 1.63. The molecule has 1 aromatic heterocycles. The maximum atomic E-state index is 11.9. The molecule has 10 heteroatoms. The number of carboxylic acids is 1. The number of fused-ring (bicyclic) bond motifs is 1. The van der Waals surface area contributed by atoms with Crippen LogP contribution in [0.3, 0.4) is 0 Å². The average Bonchev–Trinajstić information content (AvgIpc) is 3.31. The molecule has 3 aromatic rings. The SMILES string of the molecule is COc1cccc(OC)c1NC1C(Nc2nc3ccc(Cl)cc3s2)CNC1C(=O)O. The lowest BCUT2D eigenvalue weighted by atomic mass is 10.0. The Morgan fingerprint density at radius 1 is 1.23 bits per heavy atom. The number of rotatable bonds is 7. The molecule has 1 aliphatic rings. The molecule has 0 radical (unpaired) electrons. The van der Waals surface area contributed by atoms with Gasteiger partial charge in [0.25, 0.3) is 0 Å². The summed E-state index contributed by atoms with van der Waals surface area (Å²) in [5.74, 6) is 0.194. The molecule has 2 aromatic carbocycles. The lowest BCUT2D eigenvalue weighted by molar-refractivity contribution is -0.139. The minimum atomic E-state index is -0.943. The number of aromatic nitrogens is 1. The Morgan fingerprint density at radius 3 is 2.63 bits per heavy atom. The molecule has 1 fully saturated rings. The van der Waals surface area contributed by atoms with E-state index in [1.54, 1.807) is 32.4 Å². The minimum absolute atomic E-state index is 0.239. The van der Waals surface area contributed by atoms with Gasteiger partial charge in [0.2, 0.25) is 0 Å². The van der Waals surface area contributed by atoms with E-state index in [1.165, 1.54) is 11.3 Å².